The lowest BCUT2D eigenvalue weighted by Crippen LogP contribution is -2.00. The molecule has 0 aliphatic heterocycles. The van der Waals surface area contributed by atoms with Crippen LogP contribution in [-0.4, -0.2) is 22.2 Å². The highest BCUT2D eigenvalue weighted by Gasteiger charge is 2.18. The third-order valence-electron chi connectivity index (χ3n) is 2.60. The van der Waals surface area contributed by atoms with E-state index in [1.807, 2.05) is 0 Å². The third-order valence-corrected chi connectivity index (χ3v) is 5.68. The lowest BCUT2D eigenvalue weighted by atomic mass is 10.2. The predicted molar refractivity (Wildman–Crippen MR) is 88.5 cm³/mol. The molecule has 0 saturated heterocycles. The monoisotopic (exact) mass is 374 g/mol. The molecule has 0 heterocycles. The Labute approximate surface area is 143 Å². The molecule has 0 aliphatic rings. The van der Waals surface area contributed by atoms with E-state index < -0.39 is 11.9 Å². The predicted octanol–water partition coefficient (Wildman–Crippen LogP) is 5.19. The van der Waals surface area contributed by atoms with E-state index in [0.29, 0.717) is 9.79 Å². The van der Waals surface area contributed by atoms with Crippen LogP contribution in [0.4, 0.5) is 0 Å². The highest BCUT2D eigenvalue weighted by molar-refractivity contribution is 8.76. The van der Waals surface area contributed by atoms with E-state index in [9.17, 15) is 19.8 Å². The van der Waals surface area contributed by atoms with Gasteiger partial charge in [-0.15, -0.1) is 0 Å². The van der Waals surface area contributed by atoms with Crippen LogP contribution in [-0.2, 0) is 0 Å². The Hall–Kier alpha value is -1.34. The molecule has 0 amide bonds. The highest BCUT2D eigenvalue weighted by atomic mass is 35.5. The van der Waals surface area contributed by atoms with E-state index in [1.165, 1.54) is 12.1 Å². The van der Waals surface area contributed by atoms with Crippen molar-refractivity contribution in [3.05, 3.63) is 57.6 Å². The van der Waals surface area contributed by atoms with Crippen LogP contribution in [0.5, 0.6) is 0 Å². The molecule has 8 heteroatoms. The van der Waals surface area contributed by atoms with Crippen molar-refractivity contribution in [2.75, 3.05) is 0 Å². The number of hydrogen-bond acceptors (Lipinski definition) is 4. The number of rotatable bonds is 5. The number of benzene rings is 2. The molecule has 114 valence electrons. The normalized spacial score (nSPS) is 10.5. The molecule has 0 fully saturated rings. The molecular formula is C14H8Cl2O4S2. The number of aromatic carboxylic acids is 2. The van der Waals surface area contributed by atoms with Crippen molar-refractivity contribution in [1.29, 1.82) is 0 Å². The van der Waals surface area contributed by atoms with Crippen molar-refractivity contribution in [3.8, 4) is 0 Å². The molecule has 0 atom stereocenters. The van der Waals surface area contributed by atoms with Gasteiger partial charge in [0.2, 0.25) is 0 Å². The van der Waals surface area contributed by atoms with Crippen LogP contribution in [0, 0.1) is 0 Å². The number of carboxylic acids is 2. The van der Waals surface area contributed by atoms with Crippen LogP contribution in [0.15, 0.2) is 46.2 Å². The van der Waals surface area contributed by atoms with Crippen molar-refractivity contribution in [1.82, 2.24) is 0 Å². The van der Waals surface area contributed by atoms with Gasteiger partial charge in [0, 0.05) is 9.79 Å². The first-order valence-corrected chi connectivity index (χ1v) is 8.70. The Morgan fingerprint density at radius 3 is 1.45 bits per heavy atom. The van der Waals surface area contributed by atoms with Crippen LogP contribution < -0.4 is 0 Å². The second-order valence-corrected chi connectivity index (χ2v) is 7.03. The van der Waals surface area contributed by atoms with Crippen LogP contribution in [0.25, 0.3) is 0 Å². The number of halogens is 2. The number of hydrogen-bond donors (Lipinski definition) is 2. The molecule has 2 aromatic carbocycles. The molecule has 22 heavy (non-hydrogen) atoms. The van der Waals surface area contributed by atoms with Crippen LogP contribution in [0.3, 0.4) is 0 Å². The summed E-state index contributed by atoms with van der Waals surface area (Å²) in [6, 6.07) is 9.46. The summed E-state index contributed by atoms with van der Waals surface area (Å²) < 4.78 is 0. The van der Waals surface area contributed by atoms with Crippen molar-refractivity contribution in [2.24, 2.45) is 0 Å². The molecule has 0 spiro atoms. The lowest BCUT2D eigenvalue weighted by Gasteiger charge is -2.09. The Kier molecular flexibility index (Phi) is 5.63. The minimum Gasteiger partial charge on any atom is -0.478 e. The quantitative estimate of drug-likeness (QED) is 0.701. The van der Waals surface area contributed by atoms with Gasteiger partial charge in [-0.3, -0.25) is 0 Å². The Balaban J connectivity index is 2.33. The van der Waals surface area contributed by atoms with Gasteiger partial charge >= 0.3 is 11.9 Å². The Morgan fingerprint density at radius 1 is 0.773 bits per heavy atom. The zero-order valence-electron chi connectivity index (χ0n) is 10.7. The fourth-order valence-electron chi connectivity index (χ4n) is 1.65. The summed E-state index contributed by atoms with van der Waals surface area (Å²) in [5.74, 6) is -2.28. The second-order valence-electron chi connectivity index (χ2n) is 4.00. The maximum absolute atomic E-state index is 11.3. The average molecular weight is 375 g/mol. The summed E-state index contributed by atoms with van der Waals surface area (Å²) in [5, 5.41) is 18.7. The van der Waals surface area contributed by atoms with Crippen LogP contribution >= 0.6 is 44.8 Å². The smallest absolute Gasteiger partial charge is 0.338 e. The highest BCUT2D eigenvalue weighted by Crippen LogP contribution is 2.43. The molecule has 2 N–H and O–H groups in total. The first kappa shape index (κ1) is 17.0. The first-order valence-electron chi connectivity index (χ1n) is 5.80. The molecule has 0 saturated carbocycles. The van der Waals surface area contributed by atoms with E-state index in [4.69, 9.17) is 23.2 Å². The summed E-state index contributed by atoms with van der Waals surface area (Å²) in [6.07, 6.45) is 0. The minimum atomic E-state index is -1.14. The number of carbonyl (C=O) groups is 2. The van der Waals surface area contributed by atoms with Gasteiger partial charge in [0.25, 0.3) is 0 Å². The van der Waals surface area contributed by atoms with Gasteiger partial charge in [0.1, 0.15) is 0 Å². The lowest BCUT2D eigenvalue weighted by molar-refractivity contribution is 0.0682. The molecular weight excluding hydrogens is 367 g/mol. The van der Waals surface area contributed by atoms with Crippen LogP contribution in [0.2, 0.25) is 10.0 Å². The van der Waals surface area contributed by atoms with E-state index in [1.54, 1.807) is 24.3 Å². The molecule has 2 rings (SSSR count). The molecule has 0 unspecified atom stereocenters. The van der Waals surface area contributed by atoms with Crippen molar-refractivity contribution < 1.29 is 19.8 Å². The molecule has 0 aliphatic carbocycles. The molecule has 2 aromatic rings. The van der Waals surface area contributed by atoms with E-state index in [2.05, 4.69) is 0 Å². The average Bonchev–Trinajstić information content (AvgIpc) is 2.44. The molecule has 0 aromatic heterocycles. The SMILES string of the molecule is O=C(O)c1c(Cl)cccc1SSc1cccc(Cl)c1C(=O)O. The summed E-state index contributed by atoms with van der Waals surface area (Å²) in [5.41, 5.74) is -0.0267. The van der Waals surface area contributed by atoms with Gasteiger partial charge < -0.3 is 10.2 Å². The van der Waals surface area contributed by atoms with E-state index in [-0.39, 0.29) is 21.2 Å². The topological polar surface area (TPSA) is 74.6 Å². The second kappa shape index (κ2) is 7.28. The van der Waals surface area contributed by atoms with E-state index >= 15 is 0 Å². The summed E-state index contributed by atoms with van der Waals surface area (Å²) in [7, 11) is 2.22. The zero-order valence-corrected chi connectivity index (χ0v) is 13.9. The third kappa shape index (κ3) is 3.70. The fraction of sp³-hybridized carbons (Fsp3) is 0. The zero-order chi connectivity index (χ0) is 16.3. The summed E-state index contributed by atoms with van der Waals surface area (Å²) in [4.78, 5) is 23.4. The van der Waals surface area contributed by atoms with Gasteiger partial charge in [-0.2, -0.15) is 0 Å². The summed E-state index contributed by atoms with van der Waals surface area (Å²) in [6.45, 7) is 0. The maximum atomic E-state index is 11.3. The van der Waals surface area contributed by atoms with Gasteiger partial charge in [0.05, 0.1) is 21.2 Å². The molecule has 0 radical (unpaired) electrons. The largest absolute Gasteiger partial charge is 0.478 e. The van der Waals surface area contributed by atoms with Crippen molar-refractivity contribution in [3.63, 3.8) is 0 Å². The Morgan fingerprint density at radius 2 is 1.14 bits per heavy atom. The summed E-state index contributed by atoms with van der Waals surface area (Å²) >= 11 is 11.8. The van der Waals surface area contributed by atoms with Gasteiger partial charge in [-0.1, -0.05) is 56.9 Å². The minimum absolute atomic E-state index is 0.0134. The molecule has 0 bridgehead atoms. The maximum Gasteiger partial charge on any atom is 0.338 e. The standard InChI is InChI=1S/C14H8Cl2O4S2/c15-7-3-1-5-9(11(7)13(17)18)21-22-10-6-2-4-8(16)12(10)14(19)20/h1-6H,(H,17,18)(H,19,20). The van der Waals surface area contributed by atoms with E-state index in [0.717, 1.165) is 21.6 Å². The van der Waals surface area contributed by atoms with Crippen molar-refractivity contribution >= 4 is 56.7 Å². The van der Waals surface area contributed by atoms with Gasteiger partial charge in [0.15, 0.2) is 0 Å². The molecule has 4 nitrogen and oxygen atoms in total. The Bertz CT molecular complexity index is 686. The first-order chi connectivity index (χ1) is 10.4. The van der Waals surface area contributed by atoms with Gasteiger partial charge in [-0.05, 0) is 24.3 Å². The fourth-order valence-corrected chi connectivity index (χ4v) is 4.66. The number of carboxylic acid groups (broad SMARTS) is 2. The van der Waals surface area contributed by atoms with Crippen molar-refractivity contribution in [2.45, 2.75) is 9.79 Å². The van der Waals surface area contributed by atoms with Gasteiger partial charge in [-0.25, -0.2) is 9.59 Å². The van der Waals surface area contributed by atoms with Crippen LogP contribution in [0.1, 0.15) is 20.7 Å².